The predicted octanol–water partition coefficient (Wildman–Crippen LogP) is 5.86. The molecule has 1 heterocycles. The molecule has 2 aromatic rings. The lowest BCUT2D eigenvalue weighted by atomic mass is 9.93. The van der Waals surface area contributed by atoms with Crippen LogP contribution in [0.2, 0.25) is 0 Å². The second-order valence-corrected chi connectivity index (χ2v) is 8.00. The first-order chi connectivity index (χ1) is 12.6. The number of ether oxygens (including phenoxy) is 1. The monoisotopic (exact) mass is 349 g/mol. The van der Waals surface area contributed by atoms with Gasteiger partial charge in [0.1, 0.15) is 6.61 Å². The molecule has 0 unspecified atom stereocenters. The molecule has 0 amide bonds. The molecule has 26 heavy (non-hydrogen) atoms. The number of hydrogen-bond acceptors (Lipinski definition) is 2. The highest BCUT2D eigenvalue weighted by Gasteiger charge is 2.30. The molecule has 0 saturated heterocycles. The molecule has 0 spiro atoms. The summed E-state index contributed by atoms with van der Waals surface area (Å²) < 4.78 is 5.99. The molecule has 3 rings (SSSR count). The van der Waals surface area contributed by atoms with Crippen LogP contribution in [0.3, 0.4) is 0 Å². The Labute approximate surface area is 158 Å². The van der Waals surface area contributed by atoms with Gasteiger partial charge in [-0.25, -0.2) is 4.99 Å². The molecule has 2 aromatic carbocycles. The number of benzene rings is 2. The van der Waals surface area contributed by atoms with Gasteiger partial charge < -0.3 is 4.74 Å². The minimum atomic E-state index is -0.0631. The molecule has 0 N–H and O–H groups in total. The average molecular weight is 350 g/mol. The van der Waals surface area contributed by atoms with Gasteiger partial charge in [-0.05, 0) is 63.5 Å². The summed E-state index contributed by atoms with van der Waals surface area (Å²) >= 11 is 0. The number of hydrogen-bond donors (Lipinski definition) is 0. The minimum absolute atomic E-state index is 0.0631. The van der Waals surface area contributed by atoms with Gasteiger partial charge in [-0.15, -0.1) is 0 Å². The maximum absolute atomic E-state index is 5.99. The summed E-state index contributed by atoms with van der Waals surface area (Å²) in [6.45, 7) is 5.03. The smallest absolute Gasteiger partial charge is 0.187 e. The average Bonchev–Trinajstić information content (AvgIpc) is 3.02. The highest BCUT2D eigenvalue weighted by atomic mass is 16.5. The van der Waals surface area contributed by atoms with E-state index in [1.54, 1.807) is 0 Å². The van der Waals surface area contributed by atoms with Crippen molar-refractivity contribution in [2.24, 2.45) is 10.9 Å². The van der Waals surface area contributed by atoms with Crippen LogP contribution in [0.1, 0.15) is 50.7 Å². The van der Waals surface area contributed by atoms with E-state index in [1.165, 1.54) is 24.0 Å². The quantitative estimate of drug-likeness (QED) is 0.556. The van der Waals surface area contributed by atoms with Gasteiger partial charge in [0.25, 0.3) is 0 Å². The van der Waals surface area contributed by atoms with Crippen LogP contribution in [0.4, 0.5) is 0 Å². The molecule has 0 fully saturated rings. The molecule has 0 aliphatic carbocycles. The maximum Gasteiger partial charge on any atom is 0.187 e. The summed E-state index contributed by atoms with van der Waals surface area (Å²) in [5, 5.41) is 0. The van der Waals surface area contributed by atoms with Crippen LogP contribution in [0.25, 0.3) is 0 Å². The summed E-state index contributed by atoms with van der Waals surface area (Å²) in [7, 11) is 0. The van der Waals surface area contributed by atoms with Crippen LogP contribution in [0, 0.1) is 5.92 Å². The Kier molecular flexibility index (Phi) is 6.49. The van der Waals surface area contributed by atoms with E-state index in [0.717, 1.165) is 38.2 Å². The van der Waals surface area contributed by atoms with Crippen LogP contribution in [-0.4, -0.2) is 18.0 Å². The fourth-order valence-electron chi connectivity index (χ4n) is 3.61. The second kappa shape index (κ2) is 9.02. The normalized spacial score (nSPS) is 15.7. The Morgan fingerprint density at radius 2 is 1.35 bits per heavy atom. The van der Waals surface area contributed by atoms with Crippen molar-refractivity contribution in [2.45, 2.75) is 57.9 Å². The molecular formula is C24H31NO. The van der Waals surface area contributed by atoms with E-state index >= 15 is 0 Å². The molecule has 2 heteroatoms. The molecule has 138 valence electrons. The van der Waals surface area contributed by atoms with Crippen molar-refractivity contribution in [3.05, 3.63) is 71.8 Å². The van der Waals surface area contributed by atoms with Gasteiger partial charge in [-0.1, -0.05) is 60.7 Å². The summed E-state index contributed by atoms with van der Waals surface area (Å²) in [5.74, 6) is 1.44. The summed E-state index contributed by atoms with van der Waals surface area (Å²) in [6, 6.07) is 21.5. The van der Waals surface area contributed by atoms with Crippen LogP contribution in [0.5, 0.6) is 0 Å². The van der Waals surface area contributed by atoms with E-state index in [9.17, 15) is 0 Å². The minimum Gasteiger partial charge on any atom is -0.478 e. The summed E-state index contributed by atoms with van der Waals surface area (Å²) in [5.41, 5.74) is 2.78. The van der Waals surface area contributed by atoms with Crippen molar-refractivity contribution >= 4 is 5.90 Å². The van der Waals surface area contributed by atoms with E-state index in [-0.39, 0.29) is 5.54 Å². The van der Waals surface area contributed by atoms with Gasteiger partial charge in [0.15, 0.2) is 5.90 Å². The third-order valence-electron chi connectivity index (χ3n) is 5.06. The summed E-state index contributed by atoms with van der Waals surface area (Å²) in [4.78, 5) is 4.87. The number of nitrogens with zero attached hydrogens (tertiary/aromatic N) is 1. The number of aliphatic imine (C=N–C) groups is 1. The van der Waals surface area contributed by atoms with Crippen molar-refractivity contribution in [3.8, 4) is 0 Å². The zero-order valence-electron chi connectivity index (χ0n) is 16.2. The number of rotatable bonds is 9. The maximum atomic E-state index is 5.99. The van der Waals surface area contributed by atoms with Crippen molar-refractivity contribution in [1.82, 2.24) is 0 Å². The lowest BCUT2D eigenvalue weighted by Crippen LogP contribution is -2.17. The zero-order chi connectivity index (χ0) is 18.2. The van der Waals surface area contributed by atoms with Crippen molar-refractivity contribution in [1.29, 1.82) is 0 Å². The van der Waals surface area contributed by atoms with E-state index < -0.39 is 0 Å². The van der Waals surface area contributed by atoms with Crippen LogP contribution < -0.4 is 0 Å². The molecule has 0 radical (unpaired) electrons. The standard InChI is InChI=1S/C24H31NO/c1-24(2)19-26-23(25-24)22(17-9-15-20-11-5-3-6-12-20)18-10-16-21-13-7-4-8-14-21/h3-8,11-14,22H,9-10,15-19H2,1-2H3. The zero-order valence-corrected chi connectivity index (χ0v) is 16.2. The Morgan fingerprint density at radius 1 is 0.846 bits per heavy atom. The molecule has 1 aliphatic rings. The van der Waals surface area contributed by atoms with Gasteiger partial charge >= 0.3 is 0 Å². The van der Waals surface area contributed by atoms with Crippen molar-refractivity contribution < 1.29 is 4.74 Å². The first kappa shape index (κ1) is 18.7. The number of aryl methyl sites for hydroxylation is 2. The topological polar surface area (TPSA) is 21.6 Å². The first-order valence-electron chi connectivity index (χ1n) is 9.93. The highest BCUT2D eigenvalue weighted by molar-refractivity contribution is 5.80. The largest absolute Gasteiger partial charge is 0.478 e. The van der Waals surface area contributed by atoms with E-state index in [0.29, 0.717) is 5.92 Å². The third-order valence-corrected chi connectivity index (χ3v) is 5.06. The van der Waals surface area contributed by atoms with Crippen molar-refractivity contribution in [3.63, 3.8) is 0 Å². The van der Waals surface area contributed by atoms with Gasteiger partial charge in [-0.2, -0.15) is 0 Å². The van der Waals surface area contributed by atoms with Gasteiger partial charge in [0, 0.05) is 5.92 Å². The fourth-order valence-corrected chi connectivity index (χ4v) is 3.61. The SMILES string of the molecule is CC1(C)COC(C(CCCc2ccccc2)CCCc2ccccc2)=N1. The Balaban J connectivity index is 1.55. The van der Waals surface area contributed by atoms with Crippen LogP contribution in [0.15, 0.2) is 65.7 Å². The first-order valence-corrected chi connectivity index (χ1v) is 9.93. The molecule has 0 aromatic heterocycles. The Bertz CT molecular complexity index is 645. The lowest BCUT2D eigenvalue weighted by Gasteiger charge is -2.16. The molecule has 0 bridgehead atoms. The molecule has 1 aliphatic heterocycles. The molecule has 0 saturated carbocycles. The lowest BCUT2D eigenvalue weighted by molar-refractivity contribution is 0.260. The fraction of sp³-hybridized carbons (Fsp3) is 0.458. The third kappa shape index (κ3) is 5.72. The summed E-state index contributed by atoms with van der Waals surface area (Å²) in [6.07, 6.45) is 6.93. The van der Waals surface area contributed by atoms with E-state index in [2.05, 4.69) is 74.5 Å². The highest BCUT2D eigenvalue weighted by Crippen LogP contribution is 2.27. The Morgan fingerprint density at radius 3 is 1.77 bits per heavy atom. The van der Waals surface area contributed by atoms with E-state index in [4.69, 9.17) is 9.73 Å². The van der Waals surface area contributed by atoms with Gasteiger partial charge in [-0.3, -0.25) is 0 Å². The van der Waals surface area contributed by atoms with Crippen LogP contribution in [-0.2, 0) is 17.6 Å². The molecule has 0 atom stereocenters. The van der Waals surface area contributed by atoms with Crippen LogP contribution >= 0.6 is 0 Å². The Hall–Kier alpha value is -2.09. The van der Waals surface area contributed by atoms with Crippen molar-refractivity contribution in [2.75, 3.05) is 6.61 Å². The molecule has 2 nitrogen and oxygen atoms in total. The van der Waals surface area contributed by atoms with E-state index in [1.807, 2.05) is 0 Å². The van der Waals surface area contributed by atoms with Gasteiger partial charge in [0.2, 0.25) is 0 Å². The van der Waals surface area contributed by atoms with Gasteiger partial charge in [0.05, 0.1) is 5.54 Å². The second-order valence-electron chi connectivity index (χ2n) is 8.00. The predicted molar refractivity (Wildman–Crippen MR) is 110 cm³/mol. The molecular weight excluding hydrogens is 318 g/mol.